The number of rotatable bonds is 6. The summed E-state index contributed by atoms with van der Waals surface area (Å²) in [6.45, 7) is 1.80. The number of nitrogens with one attached hydrogen (secondary N) is 1. The maximum absolute atomic E-state index is 12.2. The Morgan fingerprint density at radius 2 is 1.86 bits per heavy atom. The summed E-state index contributed by atoms with van der Waals surface area (Å²) in [6, 6.07) is 13.8. The summed E-state index contributed by atoms with van der Waals surface area (Å²) >= 11 is 5.88. The first-order chi connectivity index (χ1) is 10.4. The molecule has 0 bridgehead atoms. The third-order valence-electron chi connectivity index (χ3n) is 3.22. The van der Waals surface area contributed by atoms with Gasteiger partial charge in [-0.25, -0.2) is 13.1 Å². The highest BCUT2D eigenvalue weighted by molar-refractivity contribution is 7.88. The molecule has 0 aliphatic rings. The maximum atomic E-state index is 12.2. The van der Waals surface area contributed by atoms with Gasteiger partial charge in [-0.2, -0.15) is 0 Å². The fraction of sp³-hybridized carbons (Fsp3) is 0.250. The summed E-state index contributed by atoms with van der Waals surface area (Å²) in [4.78, 5) is 0. The molecule has 0 aliphatic carbocycles. The second kappa shape index (κ2) is 7.13. The zero-order chi connectivity index (χ0) is 16.2. The molecule has 4 nitrogen and oxygen atoms in total. The van der Waals surface area contributed by atoms with Crippen molar-refractivity contribution in [2.75, 3.05) is 7.11 Å². The molecule has 0 saturated carbocycles. The van der Waals surface area contributed by atoms with Crippen LogP contribution in [-0.4, -0.2) is 15.5 Å². The number of sulfonamides is 1. The monoisotopic (exact) mass is 339 g/mol. The predicted octanol–water partition coefficient (Wildman–Crippen LogP) is 3.53. The van der Waals surface area contributed by atoms with Crippen molar-refractivity contribution in [3.05, 3.63) is 64.7 Å². The molecule has 118 valence electrons. The Morgan fingerprint density at radius 3 is 2.45 bits per heavy atom. The van der Waals surface area contributed by atoms with E-state index in [1.165, 1.54) is 0 Å². The van der Waals surface area contributed by atoms with Crippen LogP contribution in [0.1, 0.15) is 24.1 Å². The standard InChI is InChI=1S/C16H18ClNO3S/c1-12(14-6-8-16(21-2)9-7-14)18-22(19,20)11-13-4-3-5-15(17)10-13/h3-10,12,18H,11H2,1-2H3/t12-/m0/s1. The van der Waals surface area contributed by atoms with Crippen molar-refractivity contribution in [2.24, 2.45) is 0 Å². The van der Waals surface area contributed by atoms with E-state index in [9.17, 15) is 8.42 Å². The van der Waals surface area contributed by atoms with Crippen LogP contribution in [0.4, 0.5) is 0 Å². The van der Waals surface area contributed by atoms with E-state index in [2.05, 4.69) is 4.72 Å². The molecule has 6 heteroatoms. The summed E-state index contributed by atoms with van der Waals surface area (Å²) in [6.07, 6.45) is 0. The highest BCUT2D eigenvalue weighted by Gasteiger charge is 2.16. The summed E-state index contributed by atoms with van der Waals surface area (Å²) in [5, 5.41) is 0.524. The third-order valence-corrected chi connectivity index (χ3v) is 4.88. The van der Waals surface area contributed by atoms with Crippen molar-refractivity contribution in [3.63, 3.8) is 0 Å². The van der Waals surface area contributed by atoms with E-state index < -0.39 is 10.0 Å². The largest absolute Gasteiger partial charge is 0.497 e. The van der Waals surface area contributed by atoms with Gasteiger partial charge in [-0.05, 0) is 42.3 Å². The molecule has 0 aliphatic heterocycles. The van der Waals surface area contributed by atoms with Crippen LogP contribution in [0.25, 0.3) is 0 Å². The molecule has 22 heavy (non-hydrogen) atoms. The fourth-order valence-electron chi connectivity index (χ4n) is 2.12. The first-order valence-corrected chi connectivity index (χ1v) is 8.81. The second-order valence-electron chi connectivity index (χ2n) is 5.00. The van der Waals surface area contributed by atoms with Crippen molar-refractivity contribution in [1.29, 1.82) is 0 Å². The van der Waals surface area contributed by atoms with Crippen LogP contribution in [0.15, 0.2) is 48.5 Å². The molecule has 0 saturated heterocycles. The highest BCUT2D eigenvalue weighted by Crippen LogP contribution is 2.19. The number of halogens is 1. The number of benzene rings is 2. The van der Waals surface area contributed by atoms with Crippen molar-refractivity contribution < 1.29 is 13.2 Å². The Bertz CT molecular complexity index is 729. The average molecular weight is 340 g/mol. The number of hydrogen-bond donors (Lipinski definition) is 1. The van der Waals surface area contributed by atoms with E-state index in [0.717, 1.165) is 11.3 Å². The quantitative estimate of drug-likeness (QED) is 0.876. The Kier molecular flexibility index (Phi) is 5.45. The van der Waals surface area contributed by atoms with Gasteiger partial charge in [0.15, 0.2) is 0 Å². The van der Waals surface area contributed by atoms with Crippen LogP contribution in [0.2, 0.25) is 5.02 Å². The summed E-state index contributed by atoms with van der Waals surface area (Å²) in [7, 11) is -1.86. The molecular formula is C16H18ClNO3S. The minimum Gasteiger partial charge on any atom is -0.497 e. The van der Waals surface area contributed by atoms with E-state index in [-0.39, 0.29) is 11.8 Å². The van der Waals surface area contributed by atoms with Gasteiger partial charge in [-0.1, -0.05) is 35.9 Å². The van der Waals surface area contributed by atoms with Gasteiger partial charge < -0.3 is 4.74 Å². The van der Waals surface area contributed by atoms with Crippen LogP contribution in [0, 0.1) is 0 Å². The van der Waals surface area contributed by atoms with E-state index in [1.54, 1.807) is 50.4 Å². The van der Waals surface area contributed by atoms with Gasteiger partial charge >= 0.3 is 0 Å². The molecule has 2 aromatic carbocycles. The molecule has 2 aromatic rings. The summed E-state index contributed by atoms with van der Waals surface area (Å²) in [5.74, 6) is 0.631. The van der Waals surface area contributed by atoms with Crippen LogP contribution in [0.3, 0.4) is 0 Å². The van der Waals surface area contributed by atoms with E-state index in [1.807, 2.05) is 12.1 Å². The maximum Gasteiger partial charge on any atom is 0.216 e. The van der Waals surface area contributed by atoms with Crippen molar-refractivity contribution >= 4 is 21.6 Å². The molecule has 0 heterocycles. The van der Waals surface area contributed by atoms with E-state index >= 15 is 0 Å². The Hall–Kier alpha value is -1.56. The average Bonchev–Trinajstić information content (AvgIpc) is 2.46. The van der Waals surface area contributed by atoms with Crippen LogP contribution >= 0.6 is 11.6 Å². The minimum atomic E-state index is -3.45. The molecular weight excluding hydrogens is 322 g/mol. The zero-order valence-electron chi connectivity index (χ0n) is 12.4. The molecule has 0 unspecified atom stereocenters. The van der Waals surface area contributed by atoms with Crippen LogP contribution in [0.5, 0.6) is 5.75 Å². The fourth-order valence-corrected chi connectivity index (χ4v) is 3.71. The van der Waals surface area contributed by atoms with Crippen LogP contribution in [-0.2, 0) is 15.8 Å². The second-order valence-corrected chi connectivity index (χ2v) is 7.19. The normalized spacial score (nSPS) is 12.9. The smallest absolute Gasteiger partial charge is 0.216 e. The van der Waals surface area contributed by atoms with Gasteiger partial charge in [0, 0.05) is 11.1 Å². The molecule has 0 spiro atoms. The van der Waals surface area contributed by atoms with Gasteiger partial charge in [0.2, 0.25) is 10.0 Å². The van der Waals surface area contributed by atoms with Crippen molar-refractivity contribution in [1.82, 2.24) is 4.72 Å². The first-order valence-electron chi connectivity index (χ1n) is 6.78. The SMILES string of the molecule is COc1ccc([C@H](C)NS(=O)(=O)Cc2cccc(Cl)c2)cc1. The van der Waals surface area contributed by atoms with E-state index in [0.29, 0.717) is 10.6 Å². The molecule has 2 rings (SSSR count). The third kappa shape index (κ3) is 4.73. The lowest BCUT2D eigenvalue weighted by Gasteiger charge is -2.15. The van der Waals surface area contributed by atoms with Gasteiger partial charge in [0.1, 0.15) is 5.75 Å². The van der Waals surface area contributed by atoms with Gasteiger partial charge in [-0.3, -0.25) is 0 Å². The minimum absolute atomic E-state index is 0.103. The molecule has 0 fully saturated rings. The summed E-state index contributed by atoms with van der Waals surface area (Å²) < 4.78 is 32.2. The lowest BCUT2D eigenvalue weighted by atomic mass is 10.1. The molecule has 0 radical (unpaired) electrons. The Morgan fingerprint density at radius 1 is 1.18 bits per heavy atom. The lowest BCUT2D eigenvalue weighted by Crippen LogP contribution is -2.28. The van der Waals surface area contributed by atoms with E-state index in [4.69, 9.17) is 16.3 Å². The number of hydrogen-bond acceptors (Lipinski definition) is 3. The van der Waals surface area contributed by atoms with Crippen molar-refractivity contribution in [2.45, 2.75) is 18.7 Å². The van der Waals surface area contributed by atoms with Crippen LogP contribution < -0.4 is 9.46 Å². The molecule has 0 amide bonds. The highest BCUT2D eigenvalue weighted by atomic mass is 35.5. The van der Waals surface area contributed by atoms with Gasteiger partial charge in [-0.15, -0.1) is 0 Å². The first kappa shape index (κ1) is 16.8. The summed E-state index contributed by atoms with van der Waals surface area (Å²) in [5.41, 5.74) is 1.53. The van der Waals surface area contributed by atoms with Gasteiger partial charge in [0.05, 0.1) is 12.9 Å². The Labute approximate surface area is 136 Å². The predicted molar refractivity (Wildman–Crippen MR) is 88.6 cm³/mol. The lowest BCUT2D eigenvalue weighted by molar-refractivity contribution is 0.414. The number of ether oxygens (including phenoxy) is 1. The topological polar surface area (TPSA) is 55.4 Å². The Balaban J connectivity index is 2.07. The van der Waals surface area contributed by atoms with Crippen molar-refractivity contribution in [3.8, 4) is 5.75 Å². The molecule has 0 aromatic heterocycles. The number of methoxy groups -OCH3 is 1. The zero-order valence-corrected chi connectivity index (χ0v) is 14.0. The molecule has 1 atom stereocenters. The molecule has 1 N–H and O–H groups in total. The van der Waals surface area contributed by atoms with Gasteiger partial charge in [0.25, 0.3) is 0 Å².